The van der Waals surface area contributed by atoms with Gasteiger partial charge in [0.25, 0.3) is 0 Å². The first-order valence-corrected chi connectivity index (χ1v) is 5.65. The molecule has 1 N–H and O–H groups in total. The fourth-order valence-corrected chi connectivity index (χ4v) is 1.64. The summed E-state index contributed by atoms with van der Waals surface area (Å²) in [5.74, 6) is 0. The lowest BCUT2D eigenvalue weighted by molar-refractivity contribution is 0.197. The van der Waals surface area contributed by atoms with E-state index < -0.39 is 0 Å². The van der Waals surface area contributed by atoms with Crippen LogP contribution in [0.4, 0.5) is 4.79 Å². The molecule has 0 aromatic rings. The Morgan fingerprint density at radius 2 is 2.00 bits per heavy atom. The standard InChI is InChI=1S/C11H23N3O/c1-11(2,3)12-6-5-7-14-9-8-13(4)10(14)15/h12H,5-9H2,1-4H3. The van der Waals surface area contributed by atoms with E-state index >= 15 is 0 Å². The number of carbonyl (C=O) groups is 1. The van der Waals surface area contributed by atoms with Crippen molar-refractivity contribution in [3.8, 4) is 0 Å². The number of nitrogens with zero attached hydrogens (tertiary/aromatic N) is 2. The molecule has 0 aromatic carbocycles. The molecule has 0 saturated carbocycles. The maximum Gasteiger partial charge on any atom is 0.319 e. The van der Waals surface area contributed by atoms with Crippen LogP contribution in [0.25, 0.3) is 0 Å². The van der Waals surface area contributed by atoms with Gasteiger partial charge in [-0.1, -0.05) is 0 Å². The lowest BCUT2D eigenvalue weighted by Crippen LogP contribution is -2.38. The van der Waals surface area contributed by atoms with Gasteiger partial charge in [0.15, 0.2) is 0 Å². The molecule has 1 aliphatic rings. The summed E-state index contributed by atoms with van der Waals surface area (Å²) in [4.78, 5) is 15.2. The molecule has 0 aromatic heterocycles. The van der Waals surface area contributed by atoms with Gasteiger partial charge in [-0.3, -0.25) is 0 Å². The third-order valence-corrected chi connectivity index (χ3v) is 2.56. The molecule has 2 amide bonds. The molecule has 1 saturated heterocycles. The zero-order valence-electron chi connectivity index (χ0n) is 10.3. The molecule has 1 aliphatic heterocycles. The monoisotopic (exact) mass is 213 g/mol. The normalized spacial score (nSPS) is 17.7. The van der Waals surface area contributed by atoms with Crippen molar-refractivity contribution in [3.05, 3.63) is 0 Å². The first-order chi connectivity index (χ1) is 6.90. The van der Waals surface area contributed by atoms with Crippen LogP contribution in [-0.4, -0.2) is 54.6 Å². The van der Waals surface area contributed by atoms with Gasteiger partial charge in [-0.05, 0) is 33.7 Å². The van der Waals surface area contributed by atoms with Gasteiger partial charge in [0.1, 0.15) is 0 Å². The van der Waals surface area contributed by atoms with Crippen molar-refractivity contribution in [2.45, 2.75) is 32.7 Å². The third-order valence-electron chi connectivity index (χ3n) is 2.56. The summed E-state index contributed by atoms with van der Waals surface area (Å²) < 4.78 is 0. The first-order valence-electron chi connectivity index (χ1n) is 5.65. The van der Waals surface area contributed by atoms with E-state index in [1.165, 1.54) is 0 Å². The molecule has 4 heteroatoms. The van der Waals surface area contributed by atoms with Crippen LogP contribution in [0, 0.1) is 0 Å². The van der Waals surface area contributed by atoms with Gasteiger partial charge in [0.2, 0.25) is 0 Å². The van der Waals surface area contributed by atoms with Gasteiger partial charge in [0, 0.05) is 32.2 Å². The lowest BCUT2D eigenvalue weighted by Gasteiger charge is -2.22. The molecule has 15 heavy (non-hydrogen) atoms. The van der Waals surface area contributed by atoms with Gasteiger partial charge in [-0.15, -0.1) is 0 Å². The highest BCUT2D eigenvalue weighted by molar-refractivity contribution is 5.76. The van der Waals surface area contributed by atoms with E-state index in [0.717, 1.165) is 32.6 Å². The summed E-state index contributed by atoms with van der Waals surface area (Å²) in [6.45, 7) is 10.0. The van der Waals surface area contributed by atoms with Crippen LogP contribution in [0.3, 0.4) is 0 Å². The Labute approximate surface area is 92.6 Å². The van der Waals surface area contributed by atoms with E-state index in [9.17, 15) is 4.79 Å². The van der Waals surface area contributed by atoms with Gasteiger partial charge in [-0.25, -0.2) is 4.79 Å². The number of urea groups is 1. The van der Waals surface area contributed by atoms with E-state index in [0.29, 0.717) is 0 Å². The van der Waals surface area contributed by atoms with Gasteiger partial charge in [-0.2, -0.15) is 0 Å². The first kappa shape index (κ1) is 12.3. The van der Waals surface area contributed by atoms with E-state index in [-0.39, 0.29) is 11.6 Å². The highest BCUT2D eigenvalue weighted by Crippen LogP contribution is 2.06. The predicted molar refractivity (Wildman–Crippen MR) is 62.0 cm³/mol. The number of carbonyl (C=O) groups excluding carboxylic acids is 1. The Morgan fingerprint density at radius 1 is 1.33 bits per heavy atom. The predicted octanol–water partition coefficient (Wildman–Crippen LogP) is 1.13. The molecule has 0 bridgehead atoms. The van der Waals surface area contributed by atoms with Crippen LogP contribution in [0.5, 0.6) is 0 Å². The second-order valence-corrected chi connectivity index (χ2v) is 5.22. The molecule has 88 valence electrons. The van der Waals surface area contributed by atoms with Crippen LogP contribution in [0.1, 0.15) is 27.2 Å². The van der Waals surface area contributed by atoms with Crippen molar-refractivity contribution >= 4 is 6.03 Å². The van der Waals surface area contributed by atoms with E-state index in [1.54, 1.807) is 4.90 Å². The Morgan fingerprint density at radius 3 is 2.47 bits per heavy atom. The number of hydrogen-bond acceptors (Lipinski definition) is 2. The molecule has 1 heterocycles. The molecule has 0 atom stereocenters. The summed E-state index contributed by atoms with van der Waals surface area (Å²) in [7, 11) is 1.86. The summed E-state index contributed by atoms with van der Waals surface area (Å²) in [5.41, 5.74) is 0.172. The number of hydrogen-bond donors (Lipinski definition) is 1. The van der Waals surface area contributed by atoms with Gasteiger partial charge >= 0.3 is 6.03 Å². The minimum Gasteiger partial charge on any atom is -0.326 e. The Hall–Kier alpha value is -0.770. The largest absolute Gasteiger partial charge is 0.326 e. The summed E-state index contributed by atoms with van der Waals surface area (Å²) in [6, 6.07) is 0.172. The smallest absolute Gasteiger partial charge is 0.319 e. The highest BCUT2D eigenvalue weighted by atomic mass is 16.2. The maximum absolute atomic E-state index is 11.5. The number of nitrogens with one attached hydrogen (secondary N) is 1. The Kier molecular flexibility index (Phi) is 3.97. The lowest BCUT2D eigenvalue weighted by atomic mass is 10.1. The number of rotatable bonds is 4. The Balaban J connectivity index is 2.14. The van der Waals surface area contributed by atoms with Crippen LogP contribution in [0.15, 0.2) is 0 Å². The fraction of sp³-hybridized carbons (Fsp3) is 0.909. The molecule has 0 unspecified atom stereocenters. The van der Waals surface area contributed by atoms with E-state index in [1.807, 2.05) is 11.9 Å². The van der Waals surface area contributed by atoms with E-state index in [2.05, 4.69) is 26.1 Å². The summed E-state index contributed by atoms with van der Waals surface area (Å²) in [6.07, 6.45) is 1.02. The molecular weight excluding hydrogens is 190 g/mol. The van der Waals surface area contributed by atoms with Crippen LogP contribution >= 0.6 is 0 Å². The topological polar surface area (TPSA) is 35.6 Å². The zero-order chi connectivity index (χ0) is 11.5. The van der Waals surface area contributed by atoms with Crippen LogP contribution in [0.2, 0.25) is 0 Å². The van der Waals surface area contributed by atoms with Crippen LogP contribution in [-0.2, 0) is 0 Å². The molecule has 1 fully saturated rings. The highest BCUT2D eigenvalue weighted by Gasteiger charge is 2.24. The molecule has 0 aliphatic carbocycles. The van der Waals surface area contributed by atoms with Crippen LogP contribution < -0.4 is 5.32 Å². The number of amides is 2. The average molecular weight is 213 g/mol. The molecular formula is C11H23N3O. The minimum absolute atomic E-state index is 0.172. The molecule has 0 spiro atoms. The van der Waals surface area contributed by atoms with Crippen molar-refractivity contribution in [1.29, 1.82) is 0 Å². The zero-order valence-corrected chi connectivity index (χ0v) is 10.3. The van der Waals surface area contributed by atoms with Gasteiger partial charge < -0.3 is 15.1 Å². The third kappa shape index (κ3) is 4.08. The van der Waals surface area contributed by atoms with Crippen molar-refractivity contribution < 1.29 is 4.79 Å². The van der Waals surface area contributed by atoms with Crippen molar-refractivity contribution in [2.24, 2.45) is 0 Å². The van der Waals surface area contributed by atoms with Crippen molar-refractivity contribution in [1.82, 2.24) is 15.1 Å². The fourth-order valence-electron chi connectivity index (χ4n) is 1.64. The Bertz CT molecular complexity index is 222. The quantitative estimate of drug-likeness (QED) is 0.711. The summed E-state index contributed by atoms with van der Waals surface area (Å²) >= 11 is 0. The maximum atomic E-state index is 11.5. The molecule has 4 nitrogen and oxygen atoms in total. The van der Waals surface area contributed by atoms with Crippen molar-refractivity contribution in [3.63, 3.8) is 0 Å². The average Bonchev–Trinajstić information content (AvgIpc) is 2.42. The SMILES string of the molecule is CN1CCN(CCCNC(C)(C)C)C1=O. The number of likely N-dealkylation sites (N-methyl/N-ethyl adjacent to an activating group) is 1. The molecule has 0 radical (unpaired) electrons. The summed E-state index contributed by atoms with van der Waals surface area (Å²) in [5, 5.41) is 3.42. The minimum atomic E-state index is 0.172. The van der Waals surface area contributed by atoms with Crippen molar-refractivity contribution in [2.75, 3.05) is 33.2 Å². The second-order valence-electron chi connectivity index (χ2n) is 5.22. The second kappa shape index (κ2) is 4.84. The van der Waals surface area contributed by atoms with Gasteiger partial charge in [0.05, 0.1) is 0 Å². The molecule has 1 rings (SSSR count). The van der Waals surface area contributed by atoms with E-state index in [4.69, 9.17) is 0 Å².